The quantitative estimate of drug-likeness (QED) is 0.733. The van der Waals surface area contributed by atoms with Gasteiger partial charge in [-0.2, -0.15) is 0 Å². The monoisotopic (exact) mass is 229 g/mol. The van der Waals surface area contributed by atoms with E-state index in [2.05, 4.69) is 19.2 Å². The van der Waals surface area contributed by atoms with E-state index in [0.29, 0.717) is 12.6 Å². The summed E-state index contributed by atoms with van der Waals surface area (Å²) in [6.07, 6.45) is 4.92. The Labute approximate surface area is 99.6 Å². The van der Waals surface area contributed by atoms with Gasteiger partial charge < -0.3 is 15.2 Å². The fourth-order valence-corrected chi connectivity index (χ4v) is 2.39. The number of hydrogen-bond donors (Lipinski definition) is 2. The number of nitrogens with one attached hydrogen (secondary N) is 1. The molecule has 1 heterocycles. The molecule has 0 radical (unpaired) electrons. The van der Waals surface area contributed by atoms with Crippen molar-refractivity contribution in [3.8, 4) is 0 Å². The summed E-state index contributed by atoms with van der Waals surface area (Å²) < 4.78 is 5.92. The molecule has 16 heavy (non-hydrogen) atoms. The smallest absolute Gasteiger partial charge is 0.0692 e. The summed E-state index contributed by atoms with van der Waals surface area (Å²) in [5, 5.41) is 13.0. The van der Waals surface area contributed by atoms with E-state index in [1.807, 2.05) is 6.92 Å². The van der Waals surface area contributed by atoms with Crippen LogP contribution in [0.25, 0.3) is 0 Å². The lowest BCUT2D eigenvalue weighted by Crippen LogP contribution is -2.48. The third kappa shape index (κ3) is 3.72. The van der Waals surface area contributed by atoms with Crippen molar-refractivity contribution in [2.24, 2.45) is 0 Å². The first-order valence-electron chi connectivity index (χ1n) is 6.71. The number of ether oxygens (including phenoxy) is 1. The molecular formula is C13H27NO2. The lowest BCUT2D eigenvalue weighted by Gasteiger charge is -2.40. The minimum atomic E-state index is -0.208. The molecule has 0 spiro atoms. The van der Waals surface area contributed by atoms with E-state index in [1.165, 1.54) is 0 Å². The van der Waals surface area contributed by atoms with Crippen LogP contribution in [-0.2, 0) is 4.74 Å². The Morgan fingerprint density at radius 2 is 2.06 bits per heavy atom. The van der Waals surface area contributed by atoms with E-state index in [-0.39, 0.29) is 11.7 Å². The van der Waals surface area contributed by atoms with Crippen LogP contribution in [0.4, 0.5) is 0 Å². The van der Waals surface area contributed by atoms with E-state index >= 15 is 0 Å². The van der Waals surface area contributed by atoms with Crippen molar-refractivity contribution >= 4 is 0 Å². The molecule has 1 aliphatic rings. The number of aliphatic hydroxyl groups is 1. The topological polar surface area (TPSA) is 41.5 Å². The summed E-state index contributed by atoms with van der Waals surface area (Å²) >= 11 is 0. The third-order valence-electron chi connectivity index (χ3n) is 3.90. The fraction of sp³-hybridized carbons (Fsp3) is 1.00. The molecule has 1 aliphatic heterocycles. The average molecular weight is 229 g/mol. The standard InChI is InChI=1S/C13H27NO2/c1-4-12(15)10-14-11-7-8-16-13(5-2,6-3)9-11/h11-12,14-15H,4-10H2,1-3H3. The Morgan fingerprint density at radius 1 is 1.38 bits per heavy atom. The predicted octanol–water partition coefficient (Wildman–Crippen LogP) is 2.08. The molecule has 96 valence electrons. The van der Waals surface area contributed by atoms with Crippen LogP contribution < -0.4 is 5.32 Å². The Morgan fingerprint density at radius 3 is 2.62 bits per heavy atom. The van der Waals surface area contributed by atoms with Gasteiger partial charge in [-0.25, -0.2) is 0 Å². The number of hydrogen-bond acceptors (Lipinski definition) is 3. The second kappa shape index (κ2) is 6.58. The van der Waals surface area contributed by atoms with Crippen LogP contribution in [0.15, 0.2) is 0 Å². The van der Waals surface area contributed by atoms with Gasteiger partial charge in [0.15, 0.2) is 0 Å². The zero-order valence-electron chi connectivity index (χ0n) is 11.0. The zero-order chi connectivity index (χ0) is 12.0. The molecule has 2 N–H and O–H groups in total. The molecule has 2 unspecified atom stereocenters. The van der Waals surface area contributed by atoms with Gasteiger partial charge >= 0.3 is 0 Å². The molecule has 3 heteroatoms. The molecular weight excluding hydrogens is 202 g/mol. The summed E-state index contributed by atoms with van der Waals surface area (Å²) in [6.45, 7) is 7.98. The van der Waals surface area contributed by atoms with Crippen LogP contribution in [0, 0.1) is 0 Å². The maximum Gasteiger partial charge on any atom is 0.0692 e. The number of aliphatic hydroxyl groups excluding tert-OH is 1. The van der Waals surface area contributed by atoms with E-state index < -0.39 is 0 Å². The maximum absolute atomic E-state index is 9.54. The van der Waals surface area contributed by atoms with E-state index in [1.54, 1.807) is 0 Å². The van der Waals surface area contributed by atoms with Gasteiger partial charge in [0, 0.05) is 19.2 Å². The maximum atomic E-state index is 9.54. The Balaban J connectivity index is 2.38. The van der Waals surface area contributed by atoms with Gasteiger partial charge in [0.05, 0.1) is 11.7 Å². The molecule has 2 atom stereocenters. The lowest BCUT2D eigenvalue weighted by molar-refractivity contribution is -0.0937. The fourth-order valence-electron chi connectivity index (χ4n) is 2.39. The summed E-state index contributed by atoms with van der Waals surface area (Å²) in [6, 6.07) is 0.509. The highest BCUT2D eigenvalue weighted by Gasteiger charge is 2.34. The minimum absolute atomic E-state index is 0.0765. The number of rotatable bonds is 6. The first kappa shape index (κ1) is 13.9. The Bertz CT molecular complexity index is 192. The van der Waals surface area contributed by atoms with Crippen LogP contribution in [0.1, 0.15) is 52.9 Å². The van der Waals surface area contributed by atoms with Crippen LogP contribution >= 0.6 is 0 Å². The van der Waals surface area contributed by atoms with Crippen molar-refractivity contribution in [3.63, 3.8) is 0 Å². The third-order valence-corrected chi connectivity index (χ3v) is 3.90. The summed E-state index contributed by atoms with van der Waals surface area (Å²) in [5.41, 5.74) is 0.0765. The summed E-state index contributed by atoms with van der Waals surface area (Å²) in [7, 11) is 0. The van der Waals surface area contributed by atoms with E-state index in [4.69, 9.17) is 4.74 Å². The molecule has 0 bridgehead atoms. The molecule has 0 amide bonds. The zero-order valence-corrected chi connectivity index (χ0v) is 11.0. The van der Waals surface area contributed by atoms with Crippen LogP contribution in [0.2, 0.25) is 0 Å². The van der Waals surface area contributed by atoms with Crippen LogP contribution in [-0.4, -0.2) is 36.0 Å². The normalized spacial score (nSPS) is 26.6. The average Bonchev–Trinajstić information content (AvgIpc) is 2.36. The Kier molecular flexibility index (Phi) is 5.73. The van der Waals surface area contributed by atoms with Crippen molar-refractivity contribution < 1.29 is 9.84 Å². The molecule has 0 aromatic carbocycles. The van der Waals surface area contributed by atoms with Crippen LogP contribution in [0.5, 0.6) is 0 Å². The molecule has 0 saturated carbocycles. The molecule has 0 aromatic heterocycles. The summed E-state index contributed by atoms with van der Waals surface area (Å²) in [4.78, 5) is 0. The molecule has 0 aliphatic carbocycles. The summed E-state index contributed by atoms with van der Waals surface area (Å²) in [5.74, 6) is 0. The van der Waals surface area contributed by atoms with Gasteiger partial charge in [0.25, 0.3) is 0 Å². The van der Waals surface area contributed by atoms with Gasteiger partial charge in [0.2, 0.25) is 0 Å². The van der Waals surface area contributed by atoms with Gasteiger partial charge in [-0.15, -0.1) is 0 Å². The highest BCUT2D eigenvalue weighted by molar-refractivity contribution is 4.88. The highest BCUT2D eigenvalue weighted by Crippen LogP contribution is 2.31. The van der Waals surface area contributed by atoms with Crippen molar-refractivity contribution in [3.05, 3.63) is 0 Å². The second-order valence-corrected chi connectivity index (χ2v) is 4.90. The van der Waals surface area contributed by atoms with E-state index in [0.717, 1.165) is 38.7 Å². The van der Waals surface area contributed by atoms with Gasteiger partial charge in [-0.05, 0) is 32.1 Å². The highest BCUT2D eigenvalue weighted by atomic mass is 16.5. The van der Waals surface area contributed by atoms with Gasteiger partial charge in [-0.1, -0.05) is 20.8 Å². The molecule has 3 nitrogen and oxygen atoms in total. The largest absolute Gasteiger partial charge is 0.392 e. The van der Waals surface area contributed by atoms with Crippen molar-refractivity contribution in [2.45, 2.75) is 70.6 Å². The predicted molar refractivity (Wildman–Crippen MR) is 66.6 cm³/mol. The first-order valence-corrected chi connectivity index (χ1v) is 6.71. The SMILES string of the molecule is CCC(O)CNC1CCOC(CC)(CC)C1. The lowest BCUT2D eigenvalue weighted by atomic mass is 9.86. The first-order chi connectivity index (χ1) is 7.65. The van der Waals surface area contributed by atoms with Crippen molar-refractivity contribution in [2.75, 3.05) is 13.2 Å². The van der Waals surface area contributed by atoms with E-state index in [9.17, 15) is 5.11 Å². The Hall–Kier alpha value is -0.120. The van der Waals surface area contributed by atoms with Gasteiger partial charge in [0.1, 0.15) is 0 Å². The molecule has 1 fully saturated rings. The second-order valence-electron chi connectivity index (χ2n) is 4.90. The van der Waals surface area contributed by atoms with Crippen molar-refractivity contribution in [1.82, 2.24) is 5.32 Å². The molecule has 1 saturated heterocycles. The minimum Gasteiger partial charge on any atom is -0.392 e. The van der Waals surface area contributed by atoms with Crippen molar-refractivity contribution in [1.29, 1.82) is 0 Å². The molecule has 0 aromatic rings. The van der Waals surface area contributed by atoms with Crippen LogP contribution in [0.3, 0.4) is 0 Å². The van der Waals surface area contributed by atoms with Gasteiger partial charge in [-0.3, -0.25) is 0 Å². The molecule has 1 rings (SSSR count).